The van der Waals surface area contributed by atoms with Crippen molar-refractivity contribution in [3.8, 4) is 0 Å². The molecule has 0 spiro atoms. The van der Waals surface area contributed by atoms with E-state index in [0.29, 0.717) is 0 Å². The minimum Gasteiger partial charge on any atom is -0.322 e. The van der Waals surface area contributed by atoms with Gasteiger partial charge in [-0.2, -0.15) is 0 Å². The van der Waals surface area contributed by atoms with Gasteiger partial charge in [-0.25, -0.2) is 0 Å². The van der Waals surface area contributed by atoms with E-state index in [-0.39, 0.29) is 11.9 Å². The van der Waals surface area contributed by atoms with Crippen LogP contribution in [0.3, 0.4) is 0 Å². The van der Waals surface area contributed by atoms with Crippen molar-refractivity contribution in [1.29, 1.82) is 0 Å². The van der Waals surface area contributed by atoms with Crippen LogP contribution in [0.5, 0.6) is 0 Å². The minimum atomic E-state index is -0.0343. The number of halogens is 1. The summed E-state index contributed by atoms with van der Waals surface area (Å²) in [5.74, 6) is 0.0968. The van der Waals surface area contributed by atoms with Gasteiger partial charge in [0.05, 0.1) is 0 Å². The molecule has 0 unspecified atom stereocenters. The van der Waals surface area contributed by atoms with Crippen LogP contribution in [0.4, 0.5) is 5.69 Å². The Kier molecular flexibility index (Phi) is 6.08. The Morgan fingerprint density at radius 1 is 1.08 bits per heavy atom. The smallest absolute Gasteiger partial charge is 0.282 e. The lowest BCUT2D eigenvalue weighted by molar-refractivity contribution is -1.02. The molecular weight excluding hydrogens is 334 g/mol. The van der Waals surface area contributed by atoms with E-state index in [1.54, 1.807) is 4.90 Å². The monoisotopic (exact) mass is 359 g/mol. The molecule has 5 heteroatoms. The molecule has 1 heterocycles. The summed E-state index contributed by atoms with van der Waals surface area (Å²) in [5.41, 5.74) is 2.14. The fourth-order valence-electron chi connectivity index (χ4n) is 3.43. The number of carbonyl (C=O) groups is 1. The molecular formula is C20H26ClN3O+2. The number of rotatable bonds is 5. The zero-order chi connectivity index (χ0) is 17.6. The van der Waals surface area contributed by atoms with Crippen LogP contribution in [0, 0.1) is 0 Å². The number of nitrogens with one attached hydrogen (secondary N) is 3. The molecule has 1 aliphatic rings. The van der Waals surface area contributed by atoms with Crippen molar-refractivity contribution in [3.63, 3.8) is 0 Å². The van der Waals surface area contributed by atoms with Crippen LogP contribution >= 0.6 is 11.6 Å². The molecule has 3 rings (SSSR count). The molecule has 4 nitrogen and oxygen atoms in total. The Balaban J connectivity index is 1.48. The van der Waals surface area contributed by atoms with E-state index in [1.165, 1.54) is 10.5 Å². The Morgan fingerprint density at radius 2 is 1.80 bits per heavy atom. The number of hydrogen-bond donors (Lipinski definition) is 3. The van der Waals surface area contributed by atoms with E-state index < -0.39 is 0 Å². The highest BCUT2D eigenvalue weighted by molar-refractivity contribution is 6.30. The highest BCUT2D eigenvalue weighted by Gasteiger charge is 2.31. The van der Waals surface area contributed by atoms with Gasteiger partial charge in [-0.3, -0.25) is 4.79 Å². The first kappa shape index (κ1) is 17.9. The highest BCUT2D eigenvalue weighted by Crippen LogP contribution is 2.09. The summed E-state index contributed by atoms with van der Waals surface area (Å²) in [6.45, 7) is 7.20. The Bertz CT molecular complexity index is 699. The zero-order valence-electron chi connectivity index (χ0n) is 14.6. The van der Waals surface area contributed by atoms with Crippen molar-refractivity contribution in [2.45, 2.75) is 19.5 Å². The first-order valence-corrected chi connectivity index (χ1v) is 9.28. The summed E-state index contributed by atoms with van der Waals surface area (Å²) in [5, 5.41) is 3.81. The van der Waals surface area contributed by atoms with E-state index >= 15 is 0 Å². The molecule has 2 aromatic rings. The third-order valence-corrected chi connectivity index (χ3v) is 5.22. The molecule has 1 saturated heterocycles. The maximum absolute atomic E-state index is 12.5. The van der Waals surface area contributed by atoms with Gasteiger partial charge in [0.25, 0.3) is 5.91 Å². The molecule has 0 radical (unpaired) electrons. The molecule has 3 N–H and O–H groups in total. The predicted octanol–water partition coefficient (Wildman–Crippen LogP) is 0.651. The highest BCUT2D eigenvalue weighted by atomic mass is 35.5. The fraction of sp³-hybridized carbons (Fsp3) is 0.350. The normalized spacial score (nSPS) is 21.5. The number of amides is 1. The Labute approximate surface area is 154 Å². The van der Waals surface area contributed by atoms with E-state index in [2.05, 4.69) is 11.4 Å². The van der Waals surface area contributed by atoms with Crippen LogP contribution < -0.4 is 15.1 Å². The summed E-state index contributed by atoms with van der Waals surface area (Å²) >= 11 is 6.07. The average Bonchev–Trinajstić information content (AvgIpc) is 2.62. The first-order chi connectivity index (χ1) is 12.1. The van der Waals surface area contributed by atoms with Crippen LogP contribution in [-0.4, -0.2) is 38.1 Å². The van der Waals surface area contributed by atoms with E-state index in [9.17, 15) is 4.79 Å². The molecule has 0 aromatic heterocycles. The second kappa shape index (κ2) is 8.48. The number of hydrogen-bond acceptors (Lipinski definition) is 1. The van der Waals surface area contributed by atoms with Crippen LogP contribution in [0.2, 0.25) is 5.02 Å². The molecule has 2 aromatic carbocycles. The van der Waals surface area contributed by atoms with Gasteiger partial charge in [0, 0.05) is 16.3 Å². The molecule has 0 bridgehead atoms. The molecule has 0 saturated carbocycles. The number of quaternary nitrogens is 2. The standard InChI is InChI=1S/C20H24ClN3O/c1-16(20(25)22-19-8-3-2-4-9-19)24-12-10-23(11-13-24)15-17-6-5-7-18(21)14-17/h2-9,14,16H,10-13,15H2,1H3,(H,22,25)/p+2/t16-/m1/s1. The SMILES string of the molecule is C[C@H](C(=O)Nc1ccccc1)[NH+]1CC[NH+](Cc2cccc(Cl)c2)CC1. The van der Waals surface area contributed by atoms with Gasteiger partial charge in [-0.15, -0.1) is 0 Å². The average molecular weight is 360 g/mol. The van der Waals surface area contributed by atoms with Crippen molar-refractivity contribution < 1.29 is 14.6 Å². The zero-order valence-corrected chi connectivity index (χ0v) is 15.4. The predicted molar refractivity (Wildman–Crippen MR) is 101 cm³/mol. The van der Waals surface area contributed by atoms with Gasteiger partial charge >= 0.3 is 0 Å². The van der Waals surface area contributed by atoms with Crippen LogP contribution in [0.1, 0.15) is 12.5 Å². The molecule has 0 aliphatic carbocycles. The summed E-state index contributed by atoms with van der Waals surface area (Å²) in [6.07, 6.45) is 0. The van der Waals surface area contributed by atoms with E-state index in [4.69, 9.17) is 11.6 Å². The van der Waals surface area contributed by atoms with Gasteiger partial charge in [0.15, 0.2) is 6.04 Å². The van der Waals surface area contributed by atoms with Gasteiger partial charge in [0.2, 0.25) is 0 Å². The molecule has 132 valence electrons. The molecule has 1 amide bonds. The number of carbonyl (C=O) groups excluding carboxylic acids is 1. The van der Waals surface area contributed by atoms with Crippen LogP contribution in [-0.2, 0) is 11.3 Å². The van der Waals surface area contributed by atoms with Gasteiger partial charge in [0.1, 0.15) is 32.7 Å². The molecule has 1 aliphatic heterocycles. The molecule has 1 fully saturated rings. The van der Waals surface area contributed by atoms with Crippen molar-refractivity contribution in [2.24, 2.45) is 0 Å². The third-order valence-electron chi connectivity index (χ3n) is 4.99. The largest absolute Gasteiger partial charge is 0.322 e. The van der Waals surface area contributed by atoms with Crippen molar-refractivity contribution in [3.05, 3.63) is 65.2 Å². The van der Waals surface area contributed by atoms with Gasteiger partial charge < -0.3 is 15.1 Å². The number of piperazine rings is 1. The van der Waals surface area contributed by atoms with Crippen molar-refractivity contribution in [1.82, 2.24) is 0 Å². The topological polar surface area (TPSA) is 38.0 Å². The number of anilines is 1. The fourth-order valence-corrected chi connectivity index (χ4v) is 3.64. The lowest BCUT2D eigenvalue weighted by Crippen LogP contribution is -3.29. The minimum absolute atomic E-state index is 0.0343. The third kappa shape index (κ3) is 5.05. The Hall–Kier alpha value is -1.88. The second-order valence-electron chi connectivity index (χ2n) is 6.79. The molecule has 25 heavy (non-hydrogen) atoms. The Morgan fingerprint density at radius 3 is 2.48 bits per heavy atom. The summed E-state index contributed by atoms with van der Waals surface area (Å²) in [6, 6.07) is 17.7. The summed E-state index contributed by atoms with van der Waals surface area (Å²) in [7, 11) is 0. The quantitative estimate of drug-likeness (QED) is 0.720. The summed E-state index contributed by atoms with van der Waals surface area (Å²) in [4.78, 5) is 15.4. The van der Waals surface area contributed by atoms with E-state index in [1.807, 2.05) is 55.5 Å². The lowest BCUT2D eigenvalue weighted by Gasteiger charge is -2.32. The second-order valence-corrected chi connectivity index (χ2v) is 7.23. The van der Waals surface area contributed by atoms with E-state index in [0.717, 1.165) is 43.4 Å². The van der Waals surface area contributed by atoms with Gasteiger partial charge in [-0.05, 0) is 31.2 Å². The summed E-state index contributed by atoms with van der Waals surface area (Å²) < 4.78 is 0. The van der Waals surface area contributed by atoms with Crippen LogP contribution in [0.15, 0.2) is 54.6 Å². The van der Waals surface area contributed by atoms with Crippen molar-refractivity contribution in [2.75, 3.05) is 31.5 Å². The molecule has 1 atom stereocenters. The maximum atomic E-state index is 12.5. The maximum Gasteiger partial charge on any atom is 0.282 e. The number of para-hydroxylation sites is 1. The van der Waals surface area contributed by atoms with Crippen LogP contribution in [0.25, 0.3) is 0 Å². The first-order valence-electron chi connectivity index (χ1n) is 8.90. The van der Waals surface area contributed by atoms with Gasteiger partial charge in [-0.1, -0.05) is 41.9 Å². The number of benzene rings is 2. The lowest BCUT2D eigenvalue weighted by atomic mass is 10.1. The van der Waals surface area contributed by atoms with Crippen molar-refractivity contribution >= 4 is 23.2 Å².